The highest BCUT2D eigenvalue weighted by molar-refractivity contribution is 14.0. The number of nitrogens with zero attached hydrogens (tertiary/aromatic N) is 4. The van der Waals surface area contributed by atoms with Gasteiger partial charge in [0.2, 0.25) is 5.89 Å². The summed E-state index contributed by atoms with van der Waals surface area (Å²) in [6, 6.07) is 12.2. The highest BCUT2D eigenvalue weighted by Gasteiger charge is 2.20. The second-order valence-electron chi connectivity index (χ2n) is 6.97. The molecule has 7 nitrogen and oxygen atoms in total. The number of nitrogens with one attached hydrogen (secondary N) is 1. The largest absolute Gasteiger partial charge is 0.497 e. The molecule has 0 aliphatic carbocycles. The Kier molecular flexibility index (Phi) is 8.59. The smallest absolute Gasteiger partial charge is 0.236 e. The molecule has 0 amide bonds. The van der Waals surface area contributed by atoms with Gasteiger partial charge in [-0.3, -0.25) is 0 Å². The van der Waals surface area contributed by atoms with Gasteiger partial charge in [-0.25, -0.2) is 9.98 Å². The lowest BCUT2D eigenvalue weighted by Crippen LogP contribution is -2.52. The number of hydrogen-bond donors (Lipinski definition) is 1. The van der Waals surface area contributed by atoms with E-state index in [1.54, 1.807) is 24.7 Å². The number of thiophene rings is 1. The van der Waals surface area contributed by atoms with E-state index < -0.39 is 0 Å². The number of aromatic nitrogens is 1. The predicted molar refractivity (Wildman–Crippen MR) is 137 cm³/mol. The minimum Gasteiger partial charge on any atom is -0.497 e. The summed E-state index contributed by atoms with van der Waals surface area (Å²) in [6.45, 7) is 7.09. The fraction of sp³-hybridized carbons (Fsp3) is 0.364. The van der Waals surface area contributed by atoms with Gasteiger partial charge in [-0.15, -0.1) is 35.3 Å². The molecule has 2 aromatic heterocycles. The number of anilines is 1. The number of ether oxygens (including phenoxy) is 1. The van der Waals surface area contributed by atoms with E-state index >= 15 is 0 Å². The van der Waals surface area contributed by atoms with E-state index in [4.69, 9.17) is 14.1 Å². The van der Waals surface area contributed by atoms with Crippen molar-refractivity contribution < 1.29 is 9.15 Å². The van der Waals surface area contributed by atoms with Crippen LogP contribution in [-0.4, -0.2) is 55.7 Å². The lowest BCUT2D eigenvalue weighted by molar-refractivity contribution is 0.372. The molecule has 0 saturated carbocycles. The Hall–Kier alpha value is -2.27. The molecule has 31 heavy (non-hydrogen) atoms. The zero-order valence-corrected chi connectivity index (χ0v) is 20.9. The van der Waals surface area contributed by atoms with Gasteiger partial charge >= 0.3 is 0 Å². The van der Waals surface area contributed by atoms with Crippen LogP contribution in [0.25, 0.3) is 10.8 Å². The molecule has 0 bridgehead atoms. The maximum absolute atomic E-state index is 5.61. The van der Waals surface area contributed by atoms with E-state index in [9.17, 15) is 0 Å². The van der Waals surface area contributed by atoms with E-state index in [2.05, 4.69) is 39.2 Å². The van der Waals surface area contributed by atoms with Gasteiger partial charge in [0, 0.05) is 44.5 Å². The third-order valence-electron chi connectivity index (χ3n) is 5.01. The van der Waals surface area contributed by atoms with Gasteiger partial charge in [0.25, 0.3) is 0 Å². The number of aliphatic imine (C=N–C) groups is 1. The molecule has 0 unspecified atom stereocenters. The first-order valence-electron chi connectivity index (χ1n) is 10.2. The zero-order valence-electron chi connectivity index (χ0n) is 17.8. The highest BCUT2D eigenvalue weighted by atomic mass is 127. The Bertz CT molecular complexity index is 968. The van der Waals surface area contributed by atoms with Gasteiger partial charge in [0.05, 0.1) is 18.5 Å². The van der Waals surface area contributed by atoms with Crippen LogP contribution >= 0.6 is 35.3 Å². The van der Waals surface area contributed by atoms with Crippen LogP contribution in [0.15, 0.2) is 57.5 Å². The van der Waals surface area contributed by atoms with Crippen molar-refractivity contribution in [3.05, 3.63) is 53.7 Å². The van der Waals surface area contributed by atoms with Crippen molar-refractivity contribution in [3.63, 3.8) is 0 Å². The number of oxazole rings is 1. The van der Waals surface area contributed by atoms with Crippen molar-refractivity contribution in [3.8, 4) is 16.5 Å². The van der Waals surface area contributed by atoms with Gasteiger partial charge in [0.1, 0.15) is 17.7 Å². The third-order valence-corrected chi connectivity index (χ3v) is 5.86. The minimum absolute atomic E-state index is 0. The summed E-state index contributed by atoms with van der Waals surface area (Å²) in [5.41, 5.74) is 2.03. The lowest BCUT2D eigenvalue weighted by Gasteiger charge is -2.37. The summed E-state index contributed by atoms with van der Waals surface area (Å²) >= 11 is 1.62. The fourth-order valence-corrected chi connectivity index (χ4v) is 4.11. The molecule has 9 heteroatoms. The summed E-state index contributed by atoms with van der Waals surface area (Å²) in [5, 5.41) is 5.43. The van der Waals surface area contributed by atoms with Gasteiger partial charge in [-0.05, 0) is 30.5 Å². The third kappa shape index (κ3) is 5.91. The Morgan fingerprint density at radius 1 is 1.23 bits per heavy atom. The van der Waals surface area contributed by atoms with Crippen molar-refractivity contribution in [2.75, 3.05) is 44.7 Å². The second kappa shape index (κ2) is 11.4. The van der Waals surface area contributed by atoms with E-state index in [0.29, 0.717) is 12.4 Å². The molecule has 1 aliphatic heterocycles. The van der Waals surface area contributed by atoms with Crippen molar-refractivity contribution >= 4 is 47.0 Å². The molecule has 166 valence electrons. The maximum Gasteiger partial charge on any atom is 0.236 e. The van der Waals surface area contributed by atoms with E-state index in [1.165, 1.54) is 5.69 Å². The average Bonchev–Trinajstić information content (AvgIpc) is 3.49. The van der Waals surface area contributed by atoms with Crippen LogP contribution in [0.5, 0.6) is 5.75 Å². The maximum atomic E-state index is 5.61. The van der Waals surface area contributed by atoms with Crippen LogP contribution in [0.1, 0.15) is 12.6 Å². The van der Waals surface area contributed by atoms with Gasteiger partial charge in [-0.1, -0.05) is 12.1 Å². The molecule has 1 saturated heterocycles. The highest BCUT2D eigenvalue weighted by Crippen LogP contribution is 2.24. The van der Waals surface area contributed by atoms with Crippen LogP contribution in [-0.2, 0) is 6.54 Å². The van der Waals surface area contributed by atoms with Crippen molar-refractivity contribution in [2.24, 2.45) is 4.99 Å². The zero-order chi connectivity index (χ0) is 20.8. The number of halogens is 1. The molecule has 0 atom stereocenters. The standard InChI is InChI=1S/C22H27N5O2S.HI/c1-3-23-22(24-15-17-16-29-21(25-17)20-8-5-13-30-20)27-11-9-26(10-12-27)18-6-4-7-19(14-18)28-2;/h4-8,13-14,16H,3,9-12,15H2,1-2H3,(H,23,24);1H. The second-order valence-corrected chi connectivity index (χ2v) is 7.91. The summed E-state index contributed by atoms with van der Waals surface area (Å²) in [4.78, 5) is 15.1. The lowest BCUT2D eigenvalue weighted by atomic mass is 10.2. The quantitative estimate of drug-likeness (QED) is 0.279. The van der Waals surface area contributed by atoms with Crippen LogP contribution in [0, 0.1) is 0 Å². The normalized spacial score (nSPS) is 14.3. The van der Waals surface area contributed by atoms with Crippen LogP contribution < -0.4 is 15.0 Å². The Labute approximate surface area is 204 Å². The molecular weight excluding hydrogens is 525 g/mol. The molecule has 0 radical (unpaired) electrons. The number of rotatable bonds is 6. The predicted octanol–water partition coefficient (Wildman–Crippen LogP) is 4.32. The summed E-state index contributed by atoms with van der Waals surface area (Å²) in [6.07, 6.45) is 1.70. The van der Waals surface area contributed by atoms with E-state index in [-0.39, 0.29) is 24.0 Å². The Morgan fingerprint density at radius 3 is 2.77 bits per heavy atom. The number of piperazine rings is 1. The summed E-state index contributed by atoms with van der Waals surface area (Å²) in [7, 11) is 1.70. The molecule has 4 rings (SSSR count). The van der Waals surface area contributed by atoms with E-state index in [0.717, 1.165) is 55.0 Å². The van der Waals surface area contributed by atoms with Gasteiger partial charge < -0.3 is 24.3 Å². The Morgan fingerprint density at radius 2 is 2.06 bits per heavy atom. The van der Waals surface area contributed by atoms with E-state index in [1.807, 2.05) is 29.6 Å². The molecule has 1 N–H and O–H groups in total. The molecule has 1 aromatic carbocycles. The first-order valence-corrected chi connectivity index (χ1v) is 11.1. The molecule has 3 heterocycles. The molecule has 1 fully saturated rings. The first kappa shape index (κ1) is 23.4. The Balaban J connectivity index is 0.00000272. The summed E-state index contributed by atoms with van der Waals surface area (Å²) < 4.78 is 11.0. The van der Waals surface area contributed by atoms with Crippen molar-refractivity contribution in [1.82, 2.24) is 15.2 Å². The van der Waals surface area contributed by atoms with Crippen LogP contribution in [0.3, 0.4) is 0 Å². The average molecular weight is 553 g/mol. The van der Waals surface area contributed by atoms with Crippen molar-refractivity contribution in [1.29, 1.82) is 0 Å². The van der Waals surface area contributed by atoms with Gasteiger partial charge in [0.15, 0.2) is 5.96 Å². The minimum atomic E-state index is 0. The molecule has 3 aromatic rings. The van der Waals surface area contributed by atoms with Gasteiger partial charge in [-0.2, -0.15) is 0 Å². The van der Waals surface area contributed by atoms with Crippen molar-refractivity contribution in [2.45, 2.75) is 13.5 Å². The number of guanidine groups is 1. The monoisotopic (exact) mass is 553 g/mol. The fourth-order valence-electron chi connectivity index (χ4n) is 3.46. The SMILES string of the molecule is CCNC(=NCc1coc(-c2cccs2)n1)N1CCN(c2cccc(OC)c2)CC1.I. The first-order chi connectivity index (χ1) is 14.8. The summed E-state index contributed by atoms with van der Waals surface area (Å²) in [5.74, 6) is 2.47. The van der Waals surface area contributed by atoms with Crippen LogP contribution in [0.2, 0.25) is 0 Å². The van der Waals surface area contributed by atoms with Crippen LogP contribution in [0.4, 0.5) is 5.69 Å². The number of methoxy groups -OCH3 is 1. The molecule has 0 spiro atoms. The number of benzene rings is 1. The molecule has 1 aliphatic rings. The number of hydrogen-bond acceptors (Lipinski definition) is 6. The molecular formula is C22H28IN5O2S. The topological polar surface area (TPSA) is 66.1 Å².